The third kappa shape index (κ3) is 4.41. The van der Waals surface area contributed by atoms with Gasteiger partial charge in [-0.15, -0.1) is 0 Å². The fourth-order valence-corrected chi connectivity index (χ4v) is 3.41. The number of hydrogen-bond donors (Lipinski definition) is 3. The van der Waals surface area contributed by atoms with Crippen molar-refractivity contribution in [2.75, 3.05) is 22.1 Å². The summed E-state index contributed by atoms with van der Waals surface area (Å²) in [5.41, 5.74) is 6.65. The Kier molecular flexibility index (Phi) is 5.68. The number of nitrogens with zero attached hydrogens (tertiary/aromatic N) is 3. The number of hydrogen-bond acceptors (Lipinski definition) is 6. The number of nitrogens with two attached hydrogens (primary N) is 1. The SMILES string of the molecule is NC(=O)c1cnc(Nc2cc(N3CCCC3=O)ccc2F)nc1Nc1ccccc1Cl. The first-order valence-electron chi connectivity index (χ1n) is 9.47. The normalized spacial score (nSPS) is 13.4. The van der Waals surface area contributed by atoms with E-state index in [2.05, 4.69) is 20.6 Å². The Hall–Kier alpha value is -3.72. The minimum atomic E-state index is -0.734. The van der Waals surface area contributed by atoms with Gasteiger partial charge < -0.3 is 21.3 Å². The van der Waals surface area contributed by atoms with Crippen molar-refractivity contribution in [3.8, 4) is 0 Å². The van der Waals surface area contributed by atoms with Gasteiger partial charge in [-0.2, -0.15) is 4.98 Å². The topological polar surface area (TPSA) is 113 Å². The Labute approximate surface area is 182 Å². The average molecular weight is 441 g/mol. The molecule has 10 heteroatoms. The molecular weight excluding hydrogens is 423 g/mol. The van der Waals surface area contributed by atoms with Gasteiger partial charge in [-0.05, 0) is 36.8 Å². The second kappa shape index (κ2) is 8.57. The maximum atomic E-state index is 14.4. The van der Waals surface area contributed by atoms with Crippen LogP contribution < -0.4 is 21.3 Å². The van der Waals surface area contributed by atoms with Crippen molar-refractivity contribution in [1.82, 2.24) is 9.97 Å². The molecular formula is C21H18ClFN6O2. The molecule has 158 valence electrons. The molecule has 1 aromatic heterocycles. The number of primary amides is 1. The van der Waals surface area contributed by atoms with Gasteiger partial charge in [0.05, 0.1) is 16.4 Å². The van der Waals surface area contributed by atoms with Crippen LogP contribution in [0.1, 0.15) is 23.2 Å². The number of carbonyl (C=O) groups is 2. The molecule has 4 N–H and O–H groups in total. The van der Waals surface area contributed by atoms with E-state index in [4.69, 9.17) is 17.3 Å². The van der Waals surface area contributed by atoms with E-state index in [9.17, 15) is 14.0 Å². The minimum absolute atomic E-state index is 0.00848. The van der Waals surface area contributed by atoms with Gasteiger partial charge in [-0.3, -0.25) is 9.59 Å². The van der Waals surface area contributed by atoms with Gasteiger partial charge in [0.15, 0.2) is 0 Å². The third-order valence-corrected chi connectivity index (χ3v) is 5.09. The van der Waals surface area contributed by atoms with Crippen LogP contribution in [-0.4, -0.2) is 28.3 Å². The van der Waals surface area contributed by atoms with Crippen molar-refractivity contribution in [2.24, 2.45) is 5.73 Å². The smallest absolute Gasteiger partial charge is 0.254 e. The summed E-state index contributed by atoms with van der Waals surface area (Å²) < 4.78 is 14.4. The van der Waals surface area contributed by atoms with Crippen molar-refractivity contribution in [1.29, 1.82) is 0 Å². The second-order valence-corrected chi connectivity index (χ2v) is 7.27. The monoisotopic (exact) mass is 440 g/mol. The summed E-state index contributed by atoms with van der Waals surface area (Å²) in [5.74, 6) is -1.14. The van der Waals surface area contributed by atoms with Gasteiger partial charge in [0.1, 0.15) is 17.2 Å². The first-order chi connectivity index (χ1) is 14.9. The molecule has 1 fully saturated rings. The summed E-state index contributed by atoms with van der Waals surface area (Å²) in [5, 5.41) is 6.17. The minimum Gasteiger partial charge on any atom is -0.365 e. The molecule has 0 saturated carbocycles. The summed E-state index contributed by atoms with van der Waals surface area (Å²) in [6, 6.07) is 11.2. The molecule has 8 nitrogen and oxygen atoms in total. The zero-order valence-electron chi connectivity index (χ0n) is 16.2. The van der Waals surface area contributed by atoms with E-state index in [0.29, 0.717) is 29.4 Å². The average Bonchev–Trinajstić information content (AvgIpc) is 3.17. The number of amides is 2. The Morgan fingerprint density at radius 1 is 1.16 bits per heavy atom. The van der Waals surface area contributed by atoms with Gasteiger partial charge in [-0.25, -0.2) is 9.37 Å². The van der Waals surface area contributed by atoms with Crippen LogP contribution in [0.15, 0.2) is 48.7 Å². The largest absolute Gasteiger partial charge is 0.365 e. The van der Waals surface area contributed by atoms with E-state index in [1.165, 1.54) is 18.3 Å². The Morgan fingerprint density at radius 3 is 2.68 bits per heavy atom. The Balaban J connectivity index is 1.65. The van der Waals surface area contributed by atoms with Gasteiger partial charge in [-0.1, -0.05) is 23.7 Å². The highest BCUT2D eigenvalue weighted by molar-refractivity contribution is 6.33. The molecule has 0 aliphatic carbocycles. The summed E-state index contributed by atoms with van der Waals surface area (Å²) in [7, 11) is 0. The van der Waals surface area contributed by atoms with E-state index < -0.39 is 11.7 Å². The summed E-state index contributed by atoms with van der Waals surface area (Å²) in [6.07, 6.45) is 2.46. The van der Waals surface area contributed by atoms with Crippen LogP contribution >= 0.6 is 11.6 Å². The molecule has 0 atom stereocenters. The summed E-state index contributed by atoms with van der Waals surface area (Å²) in [6.45, 7) is 0.583. The Morgan fingerprint density at radius 2 is 1.97 bits per heavy atom. The highest BCUT2D eigenvalue weighted by atomic mass is 35.5. The van der Waals surface area contributed by atoms with Crippen molar-refractivity contribution < 1.29 is 14.0 Å². The zero-order chi connectivity index (χ0) is 22.0. The van der Waals surface area contributed by atoms with Crippen LogP contribution in [0, 0.1) is 5.82 Å². The molecule has 0 radical (unpaired) electrons. The molecule has 0 bridgehead atoms. The molecule has 1 saturated heterocycles. The number of carbonyl (C=O) groups excluding carboxylic acids is 2. The predicted molar refractivity (Wildman–Crippen MR) is 117 cm³/mol. The number of rotatable bonds is 6. The van der Waals surface area contributed by atoms with Crippen molar-refractivity contribution in [3.63, 3.8) is 0 Å². The van der Waals surface area contributed by atoms with Crippen LogP contribution in [-0.2, 0) is 4.79 Å². The number of nitrogens with one attached hydrogen (secondary N) is 2. The number of para-hydroxylation sites is 1. The predicted octanol–water partition coefficient (Wildman–Crippen LogP) is 3.98. The summed E-state index contributed by atoms with van der Waals surface area (Å²) >= 11 is 6.17. The zero-order valence-corrected chi connectivity index (χ0v) is 17.0. The number of anilines is 5. The molecule has 0 unspecified atom stereocenters. The van der Waals surface area contributed by atoms with Crippen LogP contribution in [0.5, 0.6) is 0 Å². The third-order valence-electron chi connectivity index (χ3n) is 4.76. The van der Waals surface area contributed by atoms with E-state index in [-0.39, 0.29) is 28.9 Å². The number of aromatic nitrogens is 2. The van der Waals surface area contributed by atoms with Crippen molar-refractivity contribution in [2.45, 2.75) is 12.8 Å². The molecule has 31 heavy (non-hydrogen) atoms. The van der Waals surface area contributed by atoms with Gasteiger partial charge >= 0.3 is 0 Å². The molecule has 2 amide bonds. The lowest BCUT2D eigenvalue weighted by molar-refractivity contribution is -0.117. The van der Waals surface area contributed by atoms with Crippen LogP contribution in [0.25, 0.3) is 0 Å². The van der Waals surface area contributed by atoms with Gasteiger partial charge in [0, 0.05) is 24.8 Å². The van der Waals surface area contributed by atoms with Crippen LogP contribution in [0.4, 0.5) is 33.2 Å². The Bertz CT molecular complexity index is 1170. The van der Waals surface area contributed by atoms with Crippen molar-refractivity contribution in [3.05, 3.63) is 65.1 Å². The lowest BCUT2D eigenvalue weighted by atomic mass is 10.2. The van der Waals surface area contributed by atoms with Gasteiger partial charge in [0.2, 0.25) is 11.9 Å². The molecule has 3 aromatic rings. The lowest BCUT2D eigenvalue weighted by Gasteiger charge is -2.17. The van der Waals surface area contributed by atoms with Crippen LogP contribution in [0.3, 0.4) is 0 Å². The second-order valence-electron chi connectivity index (χ2n) is 6.86. The first kappa shape index (κ1) is 20.5. The maximum Gasteiger partial charge on any atom is 0.254 e. The van der Waals surface area contributed by atoms with Crippen LogP contribution in [0.2, 0.25) is 5.02 Å². The molecule has 1 aliphatic rings. The highest BCUT2D eigenvalue weighted by Gasteiger charge is 2.23. The van der Waals surface area contributed by atoms with E-state index in [1.807, 2.05) is 0 Å². The van der Waals surface area contributed by atoms with Crippen molar-refractivity contribution >= 4 is 52.2 Å². The molecule has 4 rings (SSSR count). The molecule has 0 spiro atoms. The number of halogens is 2. The van der Waals surface area contributed by atoms with E-state index >= 15 is 0 Å². The highest BCUT2D eigenvalue weighted by Crippen LogP contribution is 2.29. The first-order valence-corrected chi connectivity index (χ1v) is 9.85. The molecule has 2 aromatic carbocycles. The fourth-order valence-electron chi connectivity index (χ4n) is 3.23. The standard InChI is InChI=1S/C21H18ClFN6O2/c22-14-4-1-2-5-16(14)26-20-13(19(24)31)11-25-21(28-20)27-17-10-12(7-8-15(17)23)29-9-3-6-18(29)30/h1-2,4-5,7-8,10-11H,3,6,9H2,(H2,24,31)(H2,25,26,27,28). The maximum absolute atomic E-state index is 14.4. The fraction of sp³-hybridized carbons (Fsp3) is 0.143. The lowest BCUT2D eigenvalue weighted by Crippen LogP contribution is -2.23. The van der Waals surface area contributed by atoms with Gasteiger partial charge in [0.25, 0.3) is 5.91 Å². The molecule has 1 aliphatic heterocycles. The van der Waals surface area contributed by atoms with E-state index in [0.717, 1.165) is 6.42 Å². The quantitative estimate of drug-likeness (QED) is 0.534. The summed E-state index contributed by atoms with van der Waals surface area (Å²) in [4.78, 5) is 33.7. The van der Waals surface area contributed by atoms with E-state index in [1.54, 1.807) is 35.2 Å². The molecule has 2 heterocycles. The number of benzene rings is 2.